The van der Waals surface area contributed by atoms with Crippen LogP contribution in [0.25, 0.3) is 0 Å². The molecule has 8 nitrogen and oxygen atoms in total. The average Bonchev–Trinajstić information content (AvgIpc) is 2.61. The number of rotatable bonds is 2. The van der Waals surface area contributed by atoms with Crippen molar-refractivity contribution in [3.05, 3.63) is 35.4 Å². The summed E-state index contributed by atoms with van der Waals surface area (Å²) >= 11 is 0. The van der Waals surface area contributed by atoms with E-state index in [0.717, 1.165) is 12.8 Å². The molecule has 142 valence electrons. The number of ether oxygens (including phenoxy) is 2. The molecule has 0 aromatic heterocycles. The van der Waals surface area contributed by atoms with Crippen molar-refractivity contribution >= 4 is 23.9 Å². The zero-order valence-corrected chi connectivity index (χ0v) is 14.3. The molecule has 0 spiro atoms. The van der Waals surface area contributed by atoms with E-state index in [9.17, 15) is 19.2 Å². The van der Waals surface area contributed by atoms with E-state index in [1.165, 1.54) is 24.3 Å². The number of aromatic carboxylic acids is 2. The van der Waals surface area contributed by atoms with Gasteiger partial charge in [0.25, 0.3) is 0 Å². The fraction of sp³-hybridized carbons (Fsp3) is 0.444. The lowest BCUT2D eigenvalue weighted by molar-refractivity contribution is -0.147. The van der Waals surface area contributed by atoms with Crippen LogP contribution in [0.15, 0.2) is 24.3 Å². The number of benzene rings is 1. The van der Waals surface area contributed by atoms with Gasteiger partial charge in [-0.1, -0.05) is 0 Å². The molecular weight excluding hydrogens is 344 g/mol. The Morgan fingerprint density at radius 3 is 1.35 bits per heavy atom. The number of carbonyl (C=O) groups excluding carboxylic acids is 2. The maximum Gasteiger partial charge on any atom is 0.335 e. The summed E-state index contributed by atoms with van der Waals surface area (Å²) in [4.78, 5) is 42.8. The van der Waals surface area contributed by atoms with Crippen LogP contribution in [0.5, 0.6) is 0 Å². The van der Waals surface area contributed by atoms with Gasteiger partial charge in [0.05, 0.1) is 24.3 Å². The summed E-state index contributed by atoms with van der Waals surface area (Å²) in [7, 11) is 0. The van der Waals surface area contributed by atoms with E-state index in [-0.39, 0.29) is 23.1 Å². The number of carboxylic acid groups (broad SMARTS) is 2. The van der Waals surface area contributed by atoms with Crippen molar-refractivity contribution < 1.29 is 38.9 Å². The highest BCUT2D eigenvalue weighted by Gasteiger charge is 2.08. The molecule has 2 N–H and O–H groups in total. The number of cyclic esters (lactones) is 2. The number of carboxylic acids is 2. The number of hydrogen-bond donors (Lipinski definition) is 2. The third-order valence-electron chi connectivity index (χ3n) is 3.46. The van der Waals surface area contributed by atoms with Gasteiger partial charge in [0, 0.05) is 12.8 Å². The first-order valence-corrected chi connectivity index (χ1v) is 8.28. The standard InChI is InChI=1S/C10H16O4.C8H6O4/c11-9-5-1-2-6-10(12)14-8-4-3-7-13-9;9-7(10)5-1-2-6(4-3-5)8(11)12/h1-8H2;1-4H,(H,9,10)(H,11,12). The Bertz CT molecular complexity index is 566. The fourth-order valence-corrected chi connectivity index (χ4v) is 2.01. The second kappa shape index (κ2) is 11.6. The molecule has 0 unspecified atom stereocenters. The van der Waals surface area contributed by atoms with Gasteiger partial charge in [0.15, 0.2) is 0 Å². The molecule has 0 bridgehead atoms. The molecule has 1 saturated heterocycles. The van der Waals surface area contributed by atoms with Crippen LogP contribution < -0.4 is 0 Å². The Labute approximate surface area is 150 Å². The van der Waals surface area contributed by atoms with Crippen molar-refractivity contribution in [2.45, 2.75) is 38.5 Å². The molecule has 1 aromatic carbocycles. The Kier molecular flexibility index (Phi) is 9.45. The monoisotopic (exact) mass is 366 g/mol. The van der Waals surface area contributed by atoms with Crippen LogP contribution in [0.2, 0.25) is 0 Å². The highest BCUT2D eigenvalue weighted by molar-refractivity contribution is 5.91. The van der Waals surface area contributed by atoms with E-state index >= 15 is 0 Å². The predicted molar refractivity (Wildman–Crippen MR) is 90.0 cm³/mol. The summed E-state index contributed by atoms with van der Waals surface area (Å²) in [5.74, 6) is -2.43. The summed E-state index contributed by atoms with van der Waals surface area (Å²) in [6.07, 6.45) is 3.75. The Hall–Kier alpha value is -2.90. The van der Waals surface area contributed by atoms with Crippen LogP contribution in [0.1, 0.15) is 59.2 Å². The average molecular weight is 366 g/mol. The van der Waals surface area contributed by atoms with E-state index in [4.69, 9.17) is 19.7 Å². The number of carbonyl (C=O) groups is 4. The van der Waals surface area contributed by atoms with Crippen LogP contribution >= 0.6 is 0 Å². The molecule has 26 heavy (non-hydrogen) atoms. The van der Waals surface area contributed by atoms with Gasteiger partial charge in [-0.2, -0.15) is 0 Å². The highest BCUT2D eigenvalue weighted by atomic mass is 16.5. The van der Waals surface area contributed by atoms with Crippen molar-refractivity contribution in [1.82, 2.24) is 0 Å². The quantitative estimate of drug-likeness (QED) is 0.764. The molecule has 0 saturated carbocycles. The molecule has 0 radical (unpaired) electrons. The molecular formula is C18H22O8. The molecule has 1 aromatic rings. The van der Waals surface area contributed by atoms with Gasteiger partial charge in [-0.3, -0.25) is 9.59 Å². The summed E-state index contributed by atoms with van der Waals surface area (Å²) in [5.41, 5.74) is 0.167. The van der Waals surface area contributed by atoms with Gasteiger partial charge in [-0.15, -0.1) is 0 Å². The van der Waals surface area contributed by atoms with E-state index in [2.05, 4.69) is 0 Å². The Morgan fingerprint density at radius 1 is 0.692 bits per heavy atom. The van der Waals surface area contributed by atoms with Gasteiger partial charge in [0.2, 0.25) is 0 Å². The molecule has 1 fully saturated rings. The van der Waals surface area contributed by atoms with E-state index < -0.39 is 11.9 Å². The van der Waals surface area contributed by atoms with Crippen LogP contribution in [0.3, 0.4) is 0 Å². The first-order chi connectivity index (χ1) is 12.4. The second-order valence-corrected chi connectivity index (χ2v) is 5.54. The lowest BCUT2D eigenvalue weighted by Crippen LogP contribution is -2.11. The van der Waals surface area contributed by atoms with Gasteiger partial charge in [0.1, 0.15) is 0 Å². The SMILES string of the molecule is O=C(O)c1ccc(C(=O)O)cc1.O=C1CCCCC(=O)OCCCCO1. The van der Waals surface area contributed by atoms with E-state index in [1.54, 1.807) is 0 Å². The lowest BCUT2D eigenvalue weighted by atomic mass is 10.1. The van der Waals surface area contributed by atoms with Crippen molar-refractivity contribution in [2.75, 3.05) is 13.2 Å². The normalized spacial score (nSPS) is 15.8. The third-order valence-corrected chi connectivity index (χ3v) is 3.46. The Morgan fingerprint density at radius 2 is 1.04 bits per heavy atom. The zero-order valence-electron chi connectivity index (χ0n) is 14.3. The summed E-state index contributed by atoms with van der Waals surface area (Å²) < 4.78 is 9.92. The van der Waals surface area contributed by atoms with E-state index in [0.29, 0.717) is 38.9 Å². The van der Waals surface area contributed by atoms with Gasteiger partial charge >= 0.3 is 23.9 Å². The molecule has 1 heterocycles. The topological polar surface area (TPSA) is 127 Å². The third kappa shape index (κ3) is 8.81. The second-order valence-electron chi connectivity index (χ2n) is 5.54. The fourth-order valence-electron chi connectivity index (χ4n) is 2.01. The zero-order chi connectivity index (χ0) is 19.4. The van der Waals surface area contributed by atoms with Crippen LogP contribution in [-0.2, 0) is 19.1 Å². The lowest BCUT2D eigenvalue weighted by Gasteiger charge is -2.08. The number of esters is 2. The molecule has 2 rings (SSSR count). The maximum atomic E-state index is 11.0. The van der Waals surface area contributed by atoms with Crippen molar-refractivity contribution in [2.24, 2.45) is 0 Å². The summed E-state index contributed by atoms with van der Waals surface area (Å²) in [6, 6.07) is 5.02. The molecule has 0 atom stereocenters. The van der Waals surface area contributed by atoms with Gasteiger partial charge < -0.3 is 19.7 Å². The Balaban J connectivity index is 0.000000263. The van der Waals surface area contributed by atoms with Gasteiger partial charge in [-0.25, -0.2) is 9.59 Å². The van der Waals surface area contributed by atoms with Crippen LogP contribution in [-0.4, -0.2) is 47.3 Å². The highest BCUT2D eigenvalue weighted by Crippen LogP contribution is 2.06. The van der Waals surface area contributed by atoms with Gasteiger partial charge in [-0.05, 0) is 49.9 Å². The van der Waals surface area contributed by atoms with Crippen molar-refractivity contribution in [1.29, 1.82) is 0 Å². The number of hydrogen-bond acceptors (Lipinski definition) is 6. The van der Waals surface area contributed by atoms with Crippen LogP contribution in [0.4, 0.5) is 0 Å². The minimum Gasteiger partial charge on any atom is -0.478 e. The molecule has 1 aliphatic heterocycles. The smallest absolute Gasteiger partial charge is 0.335 e. The summed E-state index contributed by atoms with van der Waals surface area (Å²) in [6.45, 7) is 0.882. The predicted octanol–water partition coefficient (Wildman–Crippen LogP) is 2.51. The minimum absolute atomic E-state index is 0.0833. The molecule has 8 heteroatoms. The van der Waals surface area contributed by atoms with E-state index in [1.807, 2.05) is 0 Å². The largest absolute Gasteiger partial charge is 0.478 e. The first-order valence-electron chi connectivity index (χ1n) is 8.28. The molecule has 0 aliphatic carbocycles. The molecule has 1 aliphatic rings. The minimum atomic E-state index is -1.06. The first kappa shape index (κ1) is 21.1. The maximum absolute atomic E-state index is 11.0. The summed E-state index contributed by atoms with van der Waals surface area (Å²) in [5, 5.41) is 16.9. The van der Waals surface area contributed by atoms with Crippen molar-refractivity contribution in [3.8, 4) is 0 Å². The van der Waals surface area contributed by atoms with Crippen molar-refractivity contribution in [3.63, 3.8) is 0 Å². The van der Waals surface area contributed by atoms with Crippen LogP contribution in [0, 0.1) is 0 Å². The molecule has 0 amide bonds.